The van der Waals surface area contributed by atoms with Crippen LogP contribution in [0, 0.1) is 0 Å². The van der Waals surface area contributed by atoms with E-state index in [1.54, 1.807) is 48.5 Å². The van der Waals surface area contributed by atoms with Crippen LogP contribution in [-0.4, -0.2) is 14.6 Å². The van der Waals surface area contributed by atoms with Gasteiger partial charge in [-0.05, 0) is 48.0 Å². The highest BCUT2D eigenvalue weighted by Gasteiger charge is 2.14. The number of halogens is 3. The minimum atomic E-state index is -0.194. The van der Waals surface area contributed by atoms with Crippen molar-refractivity contribution < 1.29 is 0 Å². The summed E-state index contributed by atoms with van der Waals surface area (Å²) in [6, 6.07) is 12.2. The van der Waals surface area contributed by atoms with E-state index in [1.807, 2.05) is 0 Å². The van der Waals surface area contributed by atoms with Crippen LogP contribution in [0.2, 0.25) is 15.1 Å². The minimum absolute atomic E-state index is 0.194. The summed E-state index contributed by atoms with van der Waals surface area (Å²) in [6.07, 6.45) is 1.73. The van der Waals surface area contributed by atoms with Crippen molar-refractivity contribution in [2.75, 3.05) is 0 Å². The molecule has 124 valence electrons. The van der Waals surface area contributed by atoms with Crippen molar-refractivity contribution in [2.45, 2.75) is 0 Å². The Morgan fingerprint density at radius 1 is 0.960 bits per heavy atom. The molecule has 0 saturated heterocycles. The predicted molar refractivity (Wildman–Crippen MR) is 103 cm³/mol. The summed E-state index contributed by atoms with van der Waals surface area (Å²) in [5.41, 5.74) is 1.29. The van der Waals surface area contributed by atoms with Gasteiger partial charge in [-0.3, -0.25) is 4.79 Å². The number of thiazole rings is 1. The number of fused-ring (bicyclic) bond motifs is 1. The van der Waals surface area contributed by atoms with Crippen molar-refractivity contribution in [1.82, 2.24) is 14.6 Å². The number of hydrogen-bond acceptors (Lipinski definition) is 4. The Bertz CT molecular complexity index is 1200. The maximum absolute atomic E-state index is 12.8. The molecule has 4 aromatic rings. The van der Waals surface area contributed by atoms with E-state index in [2.05, 4.69) is 10.2 Å². The number of benzene rings is 2. The number of rotatable bonds is 2. The molecule has 0 atom stereocenters. The van der Waals surface area contributed by atoms with Crippen LogP contribution in [0.3, 0.4) is 0 Å². The van der Waals surface area contributed by atoms with Crippen molar-refractivity contribution in [3.63, 3.8) is 0 Å². The monoisotopic (exact) mass is 407 g/mol. The van der Waals surface area contributed by atoms with Gasteiger partial charge in [0.15, 0.2) is 5.82 Å². The van der Waals surface area contributed by atoms with E-state index in [0.717, 1.165) is 5.56 Å². The first-order chi connectivity index (χ1) is 12.0. The van der Waals surface area contributed by atoms with E-state index in [9.17, 15) is 4.79 Å². The third-order valence-electron chi connectivity index (χ3n) is 3.60. The molecule has 0 spiro atoms. The molecule has 0 aliphatic carbocycles. The van der Waals surface area contributed by atoms with Gasteiger partial charge in [0, 0.05) is 20.6 Å². The largest absolute Gasteiger partial charge is 0.276 e. The molecule has 4 nitrogen and oxygen atoms in total. The third kappa shape index (κ3) is 3.04. The average molecular weight is 409 g/mol. The highest BCUT2D eigenvalue weighted by molar-refractivity contribution is 7.15. The fourth-order valence-electron chi connectivity index (χ4n) is 2.41. The lowest BCUT2D eigenvalue weighted by Crippen LogP contribution is -2.23. The van der Waals surface area contributed by atoms with Crippen molar-refractivity contribution in [3.05, 3.63) is 78.0 Å². The molecular formula is C17H8Cl3N3OS. The van der Waals surface area contributed by atoms with Gasteiger partial charge < -0.3 is 0 Å². The molecule has 4 rings (SSSR count). The normalized spacial score (nSPS) is 12.2. The van der Waals surface area contributed by atoms with Gasteiger partial charge in [-0.2, -0.15) is 0 Å². The van der Waals surface area contributed by atoms with Gasteiger partial charge in [-0.25, -0.2) is 4.40 Å². The molecule has 2 aromatic heterocycles. The Morgan fingerprint density at radius 3 is 2.40 bits per heavy atom. The fourth-order valence-corrected chi connectivity index (χ4v) is 3.90. The third-order valence-corrected chi connectivity index (χ3v) is 5.37. The van der Waals surface area contributed by atoms with Crippen LogP contribution in [0.4, 0.5) is 0 Å². The van der Waals surface area contributed by atoms with E-state index in [0.29, 0.717) is 35.9 Å². The van der Waals surface area contributed by atoms with Crippen LogP contribution in [0.15, 0.2) is 47.3 Å². The average Bonchev–Trinajstić information content (AvgIpc) is 3.12. The standard InChI is InChI=1S/C17H8Cl3N3OS/c18-11-4-1-9(2-5-11)15-21-22-17-23(15)16(24)14(25-17)7-10-3-6-12(19)8-13(10)20/h1-8H/b14-7+. The van der Waals surface area contributed by atoms with Crippen molar-refractivity contribution in [2.24, 2.45) is 0 Å². The van der Waals surface area contributed by atoms with Crippen LogP contribution < -0.4 is 10.1 Å². The van der Waals surface area contributed by atoms with E-state index >= 15 is 0 Å². The van der Waals surface area contributed by atoms with Gasteiger partial charge in [0.1, 0.15) is 0 Å². The lowest BCUT2D eigenvalue weighted by atomic mass is 10.2. The van der Waals surface area contributed by atoms with Crippen molar-refractivity contribution in [1.29, 1.82) is 0 Å². The molecule has 0 aliphatic heterocycles. The number of aromatic nitrogens is 3. The molecule has 8 heteroatoms. The Balaban J connectivity index is 1.91. The summed E-state index contributed by atoms with van der Waals surface area (Å²) in [5, 5.41) is 9.85. The lowest BCUT2D eigenvalue weighted by Gasteiger charge is -1.97. The zero-order valence-corrected chi connectivity index (χ0v) is 15.5. The van der Waals surface area contributed by atoms with Crippen LogP contribution in [0.5, 0.6) is 0 Å². The van der Waals surface area contributed by atoms with Crippen molar-refractivity contribution >= 4 is 57.2 Å². The molecule has 0 amide bonds. The van der Waals surface area contributed by atoms with E-state index in [-0.39, 0.29) is 5.56 Å². The fraction of sp³-hybridized carbons (Fsp3) is 0. The first kappa shape index (κ1) is 16.5. The molecule has 25 heavy (non-hydrogen) atoms. The second kappa shape index (κ2) is 6.42. The van der Waals surface area contributed by atoms with E-state index in [4.69, 9.17) is 34.8 Å². The van der Waals surface area contributed by atoms with Crippen LogP contribution in [0.25, 0.3) is 22.4 Å². The molecule has 0 N–H and O–H groups in total. The molecule has 0 radical (unpaired) electrons. The first-order valence-corrected chi connectivity index (χ1v) is 9.08. The Labute approximate surface area is 160 Å². The molecule has 2 heterocycles. The van der Waals surface area contributed by atoms with Gasteiger partial charge in [0.05, 0.1) is 4.53 Å². The Morgan fingerprint density at radius 2 is 1.68 bits per heavy atom. The predicted octanol–water partition coefficient (Wildman–Crippen LogP) is 4.33. The van der Waals surface area contributed by atoms with Crippen LogP contribution >= 0.6 is 46.1 Å². The molecule has 2 aromatic carbocycles. The van der Waals surface area contributed by atoms with Gasteiger partial charge in [-0.1, -0.05) is 52.2 Å². The first-order valence-electron chi connectivity index (χ1n) is 7.13. The van der Waals surface area contributed by atoms with Gasteiger partial charge in [0.25, 0.3) is 5.56 Å². The Hall–Kier alpha value is -1.92. The van der Waals surface area contributed by atoms with Crippen LogP contribution in [-0.2, 0) is 0 Å². The lowest BCUT2D eigenvalue weighted by molar-refractivity contribution is 1.09. The van der Waals surface area contributed by atoms with E-state index < -0.39 is 0 Å². The molecule has 0 aliphatic rings. The zero-order chi connectivity index (χ0) is 17.6. The maximum atomic E-state index is 12.8. The number of nitrogens with zero attached hydrogens (tertiary/aromatic N) is 3. The second-order valence-electron chi connectivity index (χ2n) is 5.23. The maximum Gasteiger partial charge on any atom is 0.276 e. The van der Waals surface area contributed by atoms with Gasteiger partial charge in [0.2, 0.25) is 4.96 Å². The van der Waals surface area contributed by atoms with E-state index in [1.165, 1.54) is 15.7 Å². The van der Waals surface area contributed by atoms with Crippen LogP contribution in [0.1, 0.15) is 5.56 Å². The highest BCUT2D eigenvalue weighted by Crippen LogP contribution is 2.22. The number of hydrogen-bond donors (Lipinski definition) is 0. The Kier molecular flexibility index (Phi) is 4.25. The summed E-state index contributed by atoms with van der Waals surface area (Å²) in [6.45, 7) is 0. The van der Waals surface area contributed by atoms with Gasteiger partial charge >= 0.3 is 0 Å². The van der Waals surface area contributed by atoms with Gasteiger partial charge in [-0.15, -0.1) is 10.2 Å². The SMILES string of the molecule is O=c1/c(=C\c2ccc(Cl)cc2Cl)sc2nnc(-c3ccc(Cl)cc3)n12. The van der Waals surface area contributed by atoms with Crippen molar-refractivity contribution in [3.8, 4) is 11.4 Å². The topological polar surface area (TPSA) is 47.3 Å². The molecular weight excluding hydrogens is 401 g/mol. The molecule has 0 bridgehead atoms. The summed E-state index contributed by atoms with van der Waals surface area (Å²) in [5.74, 6) is 0.481. The highest BCUT2D eigenvalue weighted by atomic mass is 35.5. The molecule has 0 unspecified atom stereocenters. The summed E-state index contributed by atoms with van der Waals surface area (Å²) >= 11 is 19.3. The zero-order valence-electron chi connectivity index (χ0n) is 12.4. The molecule has 0 fully saturated rings. The quantitative estimate of drug-likeness (QED) is 0.496. The minimum Gasteiger partial charge on any atom is -0.267 e. The second-order valence-corrected chi connectivity index (χ2v) is 7.52. The summed E-state index contributed by atoms with van der Waals surface area (Å²) < 4.78 is 2.01. The summed E-state index contributed by atoms with van der Waals surface area (Å²) in [4.78, 5) is 13.3. The molecule has 0 saturated carbocycles. The summed E-state index contributed by atoms with van der Waals surface area (Å²) in [7, 11) is 0. The smallest absolute Gasteiger partial charge is 0.267 e.